The van der Waals surface area contributed by atoms with Gasteiger partial charge in [-0.1, -0.05) is 48.5 Å². The van der Waals surface area contributed by atoms with E-state index in [1.807, 2.05) is 65.6 Å². The van der Waals surface area contributed by atoms with Gasteiger partial charge in [-0.05, 0) is 60.7 Å². The molecule has 0 fully saturated rings. The Hall–Kier alpha value is -5.49. The van der Waals surface area contributed by atoms with Crippen LogP contribution >= 0.6 is 0 Å². The molecule has 0 bridgehead atoms. The van der Waals surface area contributed by atoms with Gasteiger partial charge >= 0.3 is 0 Å². The van der Waals surface area contributed by atoms with Gasteiger partial charge in [0.2, 0.25) is 5.89 Å². The van der Waals surface area contributed by atoms with Crippen molar-refractivity contribution >= 4 is 32.9 Å². The van der Waals surface area contributed by atoms with Crippen LogP contribution in [-0.4, -0.2) is 24.3 Å². The summed E-state index contributed by atoms with van der Waals surface area (Å²) >= 11 is 0. The Balaban J connectivity index is 1.46. The number of nitrogens with zero attached hydrogens (tertiary/aromatic N) is 5. The molecule has 6 heteroatoms. The van der Waals surface area contributed by atoms with Crippen LogP contribution in [0.5, 0.6) is 0 Å². The Morgan fingerprint density at radius 3 is 2.44 bits per heavy atom. The highest BCUT2D eigenvalue weighted by atomic mass is 16.3. The first-order chi connectivity index (χ1) is 19.3. The molecule has 8 rings (SSSR count). The van der Waals surface area contributed by atoms with Crippen molar-refractivity contribution in [2.24, 2.45) is 0 Å². The molecule has 0 saturated heterocycles. The first-order valence-corrected chi connectivity index (χ1v) is 12.8. The molecule has 8 aromatic rings. The fourth-order valence-corrected chi connectivity index (χ4v) is 5.40. The summed E-state index contributed by atoms with van der Waals surface area (Å²) in [7, 11) is 0. The fraction of sp³-hybridized carbons (Fsp3) is 0. The second-order valence-electron chi connectivity index (χ2n) is 9.44. The normalized spacial score (nSPS) is 11.6. The average molecular weight is 504 g/mol. The van der Waals surface area contributed by atoms with Crippen molar-refractivity contribution in [3.8, 4) is 34.1 Å². The van der Waals surface area contributed by atoms with Gasteiger partial charge in [0.1, 0.15) is 5.52 Å². The van der Waals surface area contributed by atoms with Crippen LogP contribution in [0.2, 0.25) is 0 Å². The van der Waals surface area contributed by atoms with Crippen LogP contribution in [0.1, 0.15) is 0 Å². The zero-order valence-corrected chi connectivity index (χ0v) is 20.8. The molecule has 4 aromatic heterocycles. The van der Waals surface area contributed by atoms with E-state index >= 15 is 0 Å². The zero-order chi connectivity index (χ0) is 25.8. The quantitative estimate of drug-likeness (QED) is 0.245. The lowest BCUT2D eigenvalue weighted by atomic mass is 10.1. The van der Waals surface area contributed by atoms with Crippen LogP contribution < -0.4 is 0 Å². The third-order valence-electron chi connectivity index (χ3n) is 7.11. The van der Waals surface area contributed by atoms with Crippen molar-refractivity contribution in [3.63, 3.8) is 0 Å². The standard InChI is InChI=1S/C33H21N5O/c1-3-14-28-25(11-1)32-29(37-18-8-17-35-37)20-23(33-36-27-13-2-4-15-31(27)39-33)21-30(32)38(28)24-10-7-9-22(19-24)26-12-5-6-16-34-26/h1-21H. The Bertz CT molecular complexity index is 2090. The minimum atomic E-state index is 0.575. The van der Waals surface area contributed by atoms with Gasteiger partial charge < -0.3 is 8.98 Å². The first kappa shape index (κ1) is 21.6. The lowest BCUT2D eigenvalue weighted by Crippen LogP contribution is -1.98. The van der Waals surface area contributed by atoms with Crippen molar-refractivity contribution in [3.05, 3.63) is 128 Å². The highest BCUT2D eigenvalue weighted by Crippen LogP contribution is 2.39. The van der Waals surface area contributed by atoms with E-state index < -0.39 is 0 Å². The van der Waals surface area contributed by atoms with Crippen LogP contribution in [0, 0.1) is 0 Å². The molecule has 0 saturated carbocycles. The molecule has 0 aliphatic heterocycles. The summed E-state index contributed by atoms with van der Waals surface area (Å²) < 4.78 is 10.4. The summed E-state index contributed by atoms with van der Waals surface area (Å²) in [6.07, 6.45) is 5.59. The minimum Gasteiger partial charge on any atom is -0.436 e. The molecule has 184 valence electrons. The molecular formula is C33H21N5O. The van der Waals surface area contributed by atoms with Gasteiger partial charge in [-0.15, -0.1) is 0 Å². The van der Waals surface area contributed by atoms with Gasteiger partial charge in [0.15, 0.2) is 5.58 Å². The number of para-hydroxylation sites is 3. The van der Waals surface area contributed by atoms with Crippen LogP contribution in [0.3, 0.4) is 0 Å². The van der Waals surface area contributed by atoms with E-state index in [4.69, 9.17) is 9.40 Å². The van der Waals surface area contributed by atoms with Gasteiger partial charge in [0.05, 0.1) is 22.4 Å². The third kappa shape index (κ3) is 3.46. The monoisotopic (exact) mass is 503 g/mol. The number of pyridine rings is 1. The highest BCUT2D eigenvalue weighted by Gasteiger charge is 2.20. The van der Waals surface area contributed by atoms with E-state index in [0.717, 1.165) is 61.1 Å². The number of fused-ring (bicyclic) bond motifs is 4. The predicted molar refractivity (Wildman–Crippen MR) is 154 cm³/mol. The molecule has 0 atom stereocenters. The predicted octanol–water partition coefficient (Wildman–Crippen LogP) is 7.84. The summed E-state index contributed by atoms with van der Waals surface area (Å²) in [5.74, 6) is 0.575. The van der Waals surface area contributed by atoms with Crippen molar-refractivity contribution < 1.29 is 4.42 Å². The van der Waals surface area contributed by atoms with E-state index in [1.54, 1.807) is 6.20 Å². The summed E-state index contributed by atoms with van der Waals surface area (Å²) in [4.78, 5) is 9.39. The SMILES string of the molecule is c1ccc(-c2cccc(-n3c4ccccc4c4c(-n5cccn5)cc(-c5nc6ccccc6o5)cc43)c2)nc1. The van der Waals surface area contributed by atoms with E-state index in [-0.39, 0.29) is 0 Å². The van der Waals surface area contributed by atoms with Crippen LogP contribution in [0.25, 0.3) is 67.0 Å². The molecule has 0 N–H and O–H groups in total. The molecule has 0 aliphatic rings. The average Bonchev–Trinajstić information content (AvgIpc) is 3.75. The number of hydrogen-bond donors (Lipinski definition) is 0. The number of oxazole rings is 1. The lowest BCUT2D eigenvalue weighted by molar-refractivity contribution is 0.620. The fourth-order valence-electron chi connectivity index (χ4n) is 5.40. The highest BCUT2D eigenvalue weighted by molar-refractivity contribution is 6.14. The summed E-state index contributed by atoms with van der Waals surface area (Å²) in [6.45, 7) is 0. The Morgan fingerprint density at radius 1 is 0.667 bits per heavy atom. The van der Waals surface area contributed by atoms with E-state index in [0.29, 0.717) is 5.89 Å². The number of rotatable bonds is 4. The summed E-state index contributed by atoms with van der Waals surface area (Å²) in [6, 6.07) is 37.0. The van der Waals surface area contributed by atoms with Gasteiger partial charge in [-0.3, -0.25) is 4.98 Å². The summed E-state index contributed by atoms with van der Waals surface area (Å²) in [5, 5.41) is 6.86. The number of aromatic nitrogens is 5. The smallest absolute Gasteiger partial charge is 0.227 e. The maximum absolute atomic E-state index is 6.21. The Labute approximate surface area is 223 Å². The third-order valence-corrected chi connectivity index (χ3v) is 7.11. The van der Waals surface area contributed by atoms with Gasteiger partial charge in [0.25, 0.3) is 0 Å². The summed E-state index contributed by atoms with van der Waals surface area (Å²) in [5.41, 5.74) is 8.62. The second kappa shape index (κ2) is 8.53. The zero-order valence-electron chi connectivity index (χ0n) is 20.8. The van der Waals surface area contributed by atoms with Crippen molar-refractivity contribution in [1.29, 1.82) is 0 Å². The topological polar surface area (TPSA) is 61.7 Å². The first-order valence-electron chi connectivity index (χ1n) is 12.8. The molecule has 0 amide bonds. The van der Waals surface area contributed by atoms with Gasteiger partial charge in [0, 0.05) is 46.2 Å². The van der Waals surface area contributed by atoms with Crippen molar-refractivity contribution in [1.82, 2.24) is 24.3 Å². The Morgan fingerprint density at radius 2 is 1.56 bits per heavy atom. The maximum Gasteiger partial charge on any atom is 0.227 e. The number of hydrogen-bond acceptors (Lipinski definition) is 4. The van der Waals surface area contributed by atoms with Crippen LogP contribution in [0.4, 0.5) is 0 Å². The Kier molecular flexibility index (Phi) is 4.72. The maximum atomic E-state index is 6.21. The van der Waals surface area contributed by atoms with Gasteiger partial charge in [-0.2, -0.15) is 5.10 Å². The van der Waals surface area contributed by atoms with Crippen LogP contribution in [-0.2, 0) is 0 Å². The molecule has 0 unspecified atom stereocenters. The largest absolute Gasteiger partial charge is 0.436 e. The van der Waals surface area contributed by atoms with E-state index in [9.17, 15) is 0 Å². The molecule has 4 aromatic carbocycles. The molecule has 39 heavy (non-hydrogen) atoms. The molecule has 6 nitrogen and oxygen atoms in total. The molecular weight excluding hydrogens is 482 g/mol. The molecule has 0 radical (unpaired) electrons. The van der Waals surface area contributed by atoms with Crippen LogP contribution in [0.15, 0.2) is 132 Å². The number of benzene rings is 4. The van der Waals surface area contributed by atoms with Crippen molar-refractivity contribution in [2.75, 3.05) is 0 Å². The molecule has 0 spiro atoms. The van der Waals surface area contributed by atoms with E-state index in [1.165, 1.54) is 0 Å². The molecule has 4 heterocycles. The minimum absolute atomic E-state index is 0.575. The second-order valence-corrected chi connectivity index (χ2v) is 9.44. The van der Waals surface area contributed by atoms with Gasteiger partial charge in [-0.25, -0.2) is 9.67 Å². The van der Waals surface area contributed by atoms with Crippen molar-refractivity contribution in [2.45, 2.75) is 0 Å². The lowest BCUT2D eigenvalue weighted by Gasteiger charge is -2.12. The van der Waals surface area contributed by atoms with E-state index in [2.05, 4.69) is 75.3 Å². The molecule has 0 aliphatic carbocycles.